The van der Waals surface area contributed by atoms with Crippen LogP contribution in [0.2, 0.25) is 10.0 Å². The first kappa shape index (κ1) is 18.7. The summed E-state index contributed by atoms with van der Waals surface area (Å²) in [6.45, 7) is 2.48. The Hall–Kier alpha value is -1.11. The molecule has 1 fully saturated rings. The van der Waals surface area contributed by atoms with E-state index in [1.165, 1.54) is 12.1 Å². The third-order valence-electron chi connectivity index (χ3n) is 4.54. The van der Waals surface area contributed by atoms with Crippen molar-refractivity contribution in [3.05, 3.63) is 64.1 Å². The fraction of sp³-hybridized carbons (Fsp3) is 0.333. The van der Waals surface area contributed by atoms with E-state index in [1.807, 2.05) is 13.0 Å². The normalized spacial score (nSPS) is 25.8. The van der Waals surface area contributed by atoms with Crippen molar-refractivity contribution in [1.82, 2.24) is 0 Å². The second kappa shape index (κ2) is 6.89. The molecule has 0 radical (unpaired) electrons. The summed E-state index contributed by atoms with van der Waals surface area (Å²) in [5, 5.41) is 0.256. The van der Waals surface area contributed by atoms with E-state index in [0.717, 1.165) is 5.56 Å². The molecule has 0 spiro atoms. The van der Waals surface area contributed by atoms with E-state index >= 15 is 0 Å². The second-order valence-electron chi connectivity index (χ2n) is 6.20. The predicted octanol–water partition coefficient (Wildman–Crippen LogP) is 3.67. The Bertz CT molecular complexity index is 870. The lowest BCUT2D eigenvalue weighted by molar-refractivity contribution is 0.125. The van der Waals surface area contributed by atoms with Crippen LogP contribution in [-0.4, -0.2) is 32.4 Å². The van der Waals surface area contributed by atoms with E-state index in [0.29, 0.717) is 16.7 Å². The predicted molar refractivity (Wildman–Crippen MR) is 100 cm³/mol. The molecule has 3 atom stereocenters. The SMILES string of the molecule is CCOC[C@@]1(N)[C@H](c2cccc(Cl)c2)[C@@H]1S(=O)(=O)c1ccc(Cl)cc1. The van der Waals surface area contributed by atoms with Crippen LogP contribution in [0.15, 0.2) is 53.4 Å². The summed E-state index contributed by atoms with van der Waals surface area (Å²) >= 11 is 11.9. The summed E-state index contributed by atoms with van der Waals surface area (Å²) in [4.78, 5) is 0.206. The lowest BCUT2D eigenvalue weighted by Gasteiger charge is -2.12. The molecule has 25 heavy (non-hydrogen) atoms. The van der Waals surface area contributed by atoms with Gasteiger partial charge >= 0.3 is 0 Å². The number of halogens is 2. The third kappa shape index (κ3) is 3.44. The lowest BCUT2D eigenvalue weighted by atomic mass is 10.1. The Labute approximate surface area is 157 Å². The van der Waals surface area contributed by atoms with Crippen molar-refractivity contribution in [3.8, 4) is 0 Å². The highest BCUT2D eigenvalue weighted by atomic mass is 35.5. The van der Waals surface area contributed by atoms with Gasteiger partial charge in [0.05, 0.1) is 22.3 Å². The van der Waals surface area contributed by atoms with Crippen molar-refractivity contribution in [2.45, 2.75) is 28.5 Å². The monoisotopic (exact) mass is 399 g/mol. The molecule has 0 unspecified atom stereocenters. The van der Waals surface area contributed by atoms with E-state index in [1.54, 1.807) is 30.3 Å². The van der Waals surface area contributed by atoms with Gasteiger partial charge < -0.3 is 10.5 Å². The summed E-state index contributed by atoms with van der Waals surface area (Å²) in [6.07, 6.45) is 0. The molecular formula is C18H19Cl2NO3S. The molecule has 4 nitrogen and oxygen atoms in total. The highest BCUT2D eigenvalue weighted by Crippen LogP contribution is 2.56. The summed E-state index contributed by atoms with van der Waals surface area (Å²) in [7, 11) is -3.64. The molecule has 2 N–H and O–H groups in total. The van der Waals surface area contributed by atoms with Gasteiger partial charge in [0.2, 0.25) is 0 Å². The Morgan fingerprint density at radius 3 is 2.40 bits per heavy atom. The minimum atomic E-state index is -3.64. The van der Waals surface area contributed by atoms with Gasteiger partial charge in [-0.05, 0) is 48.9 Å². The molecule has 1 saturated carbocycles. The van der Waals surface area contributed by atoms with E-state index < -0.39 is 20.6 Å². The van der Waals surface area contributed by atoms with Gasteiger partial charge in [-0.25, -0.2) is 8.42 Å². The smallest absolute Gasteiger partial charge is 0.183 e. The van der Waals surface area contributed by atoms with Crippen LogP contribution < -0.4 is 5.73 Å². The van der Waals surface area contributed by atoms with Crippen LogP contribution in [0.3, 0.4) is 0 Å². The molecule has 3 rings (SSSR count). The molecule has 0 saturated heterocycles. The number of ether oxygens (including phenoxy) is 1. The molecule has 2 aromatic carbocycles. The molecule has 0 amide bonds. The number of hydrogen-bond donors (Lipinski definition) is 1. The van der Waals surface area contributed by atoms with Crippen LogP contribution in [-0.2, 0) is 14.6 Å². The second-order valence-corrected chi connectivity index (χ2v) is 9.14. The van der Waals surface area contributed by atoms with Crippen molar-refractivity contribution in [1.29, 1.82) is 0 Å². The Morgan fingerprint density at radius 2 is 1.80 bits per heavy atom. The molecule has 7 heteroatoms. The van der Waals surface area contributed by atoms with Crippen LogP contribution in [0.25, 0.3) is 0 Å². The zero-order valence-corrected chi connectivity index (χ0v) is 16.0. The van der Waals surface area contributed by atoms with E-state index in [4.69, 9.17) is 33.7 Å². The molecule has 0 aromatic heterocycles. The number of benzene rings is 2. The quantitative estimate of drug-likeness (QED) is 0.804. The summed E-state index contributed by atoms with van der Waals surface area (Å²) in [6, 6.07) is 13.3. The van der Waals surface area contributed by atoms with Crippen LogP contribution in [0, 0.1) is 0 Å². The van der Waals surface area contributed by atoms with Gasteiger partial charge in [0, 0.05) is 22.6 Å². The molecule has 134 valence electrons. The van der Waals surface area contributed by atoms with Gasteiger partial charge in [0.15, 0.2) is 9.84 Å². The first-order chi connectivity index (χ1) is 11.8. The number of rotatable bonds is 6. The highest BCUT2D eigenvalue weighted by molar-refractivity contribution is 7.92. The number of sulfone groups is 1. The average Bonchev–Trinajstić information content (AvgIpc) is 3.20. The minimum absolute atomic E-state index is 0.165. The van der Waals surface area contributed by atoms with Crippen molar-refractivity contribution in [2.24, 2.45) is 5.73 Å². The largest absolute Gasteiger partial charge is 0.380 e. The molecule has 0 bridgehead atoms. The fourth-order valence-corrected chi connectivity index (χ4v) is 5.91. The minimum Gasteiger partial charge on any atom is -0.380 e. The third-order valence-corrected chi connectivity index (χ3v) is 7.34. The first-order valence-electron chi connectivity index (χ1n) is 7.92. The zero-order valence-electron chi connectivity index (χ0n) is 13.7. The molecule has 1 aliphatic carbocycles. The Kier molecular flexibility index (Phi) is 5.15. The first-order valence-corrected chi connectivity index (χ1v) is 10.2. The Morgan fingerprint density at radius 1 is 1.12 bits per heavy atom. The van der Waals surface area contributed by atoms with Gasteiger partial charge in [0.1, 0.15) is 0 Å². The average molecular weight is 400 g/mol. The standard InChI is InChI=1S/C18H19Cl2NO3S/c1-2-24-11-18(21)16(12-4-3-5-14(20)10-12)17(18)25(22,23)15-8-6-13(19)7-9-15/h3-10,16-17H,2,11,21H2,1H3/t16-,17+,18-/m1/s1. The summed E-state index contributed by atoms with van der Waals surface area (Å²) < 4.78 is 31.8. The lowest BCUT2D eigenvalue weighted by Crippen LogP contribution is -2.36. The van der Waals surface area contributed by atoms with Crippen LogP contribution in [0.1, 0.15) is 18.4 Å². The summed E-state index contributed by atoms with van der Waals surface area (Å²) in [5.74, 6) is -0.376. The molecule has 2 aromatic rings. The summed E-state index contributed by atoms with van der Waals surface area (Å²) in [5.41, 5.74) is 6.30. The number of nitrogens with two attached hydrogens (primary N) is 1. The highest BCUT2D eigenvalue weighted by Gasteiger charge is 2.69. The maximum Gasteiger partial charge on any atom is 0.183 e. The maximum atomic E-state index is 13.1. The van der Waals surface area contributed by atoms with Gasteiger partial charge in [-0.3, -0.25) is 0 Å². The fourth-order valence-electron chi connectivity index (χ4n) is 3.30. The van der Waals surface area contributed by atoms with E-state index in [2.05, 4.69) is 0 Å². The van der Waals surface area contributed by atoms with Crippen LogP contribution in [0.5, 0.6) is 0 Å². The van der Waals surface area contributed by atoms with Crippen LogP contribution >= 0.6 is 23.2 Å². The molecule has 0 aliphatic heterocycles. The van der Waals surface area contributed by atoms with Gasteiger partial charge in [-0.1, -0.05) is 35.3 Å². The van der Waals surface area contributed by atoms with Gasteiger partial charge in [-0.15, -0.1) is 0 Å². The van der Waals surface area contributed by atoms with Crippen molar-refractivity contribution < 1.29 is 13.2 Å². The topological polar surface area (TPSA) is 69.4 Å². The molecular weight excluding hydrogens is 381 g/mol. The van der Waals surface area contributed by atoms with Gasteiger partial charge in [0.25, 0.3) is 0 Å². The Balaban J connectivity index is 2.01. The van der Waals surface area contributed by atoms with E-state index in [9.17, 15) is 8.42 Å². The maximum absolute atomic E-state index is 13.1. The van der Waals surface area contributed by atoms with E-state index in [-0.39, 0.29) is 17.4 Å². The van der Waals surface area contributed by atoms with Crippen molar-refractivity contribution in [3.63, 3.8) is 0 Å². The van der Waals surface area contributed by atoms with Crippen LogP contribution in [0.4, 0.5) is 0 Å². The molecule has 0 heterocycles. The number of hydrogen-bond acceptors (Lipinski definition) is 4. The molecule has 1 aliphatic rings. The van der Waals surface area contributed by atoms with Crippen molar-refractivity contribution in [2.75, 3.05) is 13.2 Å². The zero-order chi connectivity index (χ0) is 18.2. The van der Waals surface area contributed by atoms with Gasteiger partial charge in [-0.2, -0.15) is 0 Å². The van der Waals surface area contributed by atoms with Crippen molar-refractivity contribution >= 4 is 33.0 Å².